The largest absolute Gasteiger partial charge is 0.381 e. The Morgan fingerprint density at radius 3 is 1.74 bits per heavy atom. The van der Waals surface area contributed by atoms with E-state index in [4.69, 9.17) is 33.0 Å². The molecule has 0 aliphatic rings. The number of hydrogen-bond acceptors (Lipinski definition) is 9. The van der Waals surface area contributed by atoms with E-state index in [9.17, 15) is 4.79 Å². The lowest BCUT2D eigenvalue weighted by Gasteiger charge is -2.34. The van der Waals surface area contributed by atoms with E-state index in [1.54, 1.807) is 32.6 Å². The van der Waals surface area contributed by atoms with Gasteiger partial charge in [0.1, 0.15) is 6.61 Å². The van der Waals surface area contributed by atoms with Crippen molar-refractivity contribution in [1.29, 1.82) is 0 Å². The van der Waals surface area contributed by atoms with Gasteiger partial charge in [-0.1, -0.05) is 35.9 Å². The number of aromatic nitrogens is 9. The van der Waals surface area contributed by atoms with Crippen LogP contribution >= 0.6 is 0 Å². The highest BCUT2D eigenvalue weighted by molar-refractivity contribution is 6.08. The number of nitrogens with zero attached hydrogens (tertiary/aromatic N) is 9. The minimum absolute atomic E-state index is 0.130. The van der Waals surface area contributed by atoms with Crippen LogP contribution in [0.1, 0.15) is 43.8 Å². The first kappa shape index (κ1) is 30.5. The third-order valence-corrected chi connectivity index (χ3v) is 6.09. The van der Waals surface area contributed by atoms with Gasteiger partial charge in [0.2, 0.25) is 5.91 Å². The summed E-state index contributed by atoms with van der Waals surface area (Å²) < 4.78 is 16.2. The first-order valence-corrected chi connectivity index (χ1v) is 13.1. The number of hydrogen-bond donors (Lipinski definition) is 1. The number of ether oxygens (including phenoxy) is 2. The average molecular weight is 532 g/mol. The van der Waals surface area contributed by atoms with Crippen LogP contribution < -0.4 is 5.32 Å². The van der Waals surface area contributed by atoms with E-state index in [2.05, 4.69) is 50.1 Å². The van der Waals surface area contributed by atoms with Gasteiger partial charge in [0, 0.05) is 38.4 Å². The summed E-state index contributed by atoms with van der Waals surface area (Å²) >= 11 is 0. The van der Waals surface area contributed by atoms with Gasteiger partial charge in [-0.05, 0) is 31.3 Å². The lowest BCUT2D eigenvalue weighted by atomic mass is 9.98. The molecule has 3 aromatic heterocycles. The molecule has 6 radical (unpaired) electrons. The Kier molecular flexibility index (Phi) is 12.2. The summed E-state index contributed by atoms with van der Waals surface area (Å²) in [5, 5.41) is 27.9. The Balaban J connectivity index is 1.74. The summed E-state index contributed by atoms with van der Waals surface area (Å²) in [5.41, 5.74) is 0.864. The highest BCUT2D eigenvalue weighted by Crippen LogP contribution is 2.16. The van der Waals surface area contributed by atoms with Crippen molar-refractivity contribution in [3.05, 3.63) is 35.7 Å². The molecule has 0 fully saturated rings. The maximum absolute atomic E-state index is 13.2. The average Bonchev–Trinajstić information content (AvgIpc) is 3.69. The van der Waals surface area contributed by atoms with Gasteiger partial charge in [-0.3, -0.25) is 4.79 Å². The van der Waals surface area contributed by atoms with Gasteiger partial charge in [0.25, 0.3) is 0 Å². The van der Waals surface area contributed by atoms with Crippen LogP contribution in [0.3, 0.4) is 0 Å². The molecule has 204 valence electrons. The number of rotatable bonds is 19. The molecule has 0 saturated carbocycles. The second kappa shape index (κ2) is 15.6. The molecule has 0 aromatic carbocycles. The normalized spacial score (nSPS) is 12.6. The number of amides is 1. The van der Waals surface area contributed by atoms with Crippen LogP contribution in [-0.2, 0) is 52.9 Å². The van der Waals surface area contributed by atoms with E-state index in [0.29, 0.717) is 42.6 Å². The molecule has 0 aliphatic heterocycles. The van der Waals surface area contributed by atoms with E-state index >= 15 is 0 Å². The van der Waals surface area contributed by atoms with Gasteiger partial charge < -0.3 is 14.8 Å². The van der Waals surface area contributed by atoms with Gasteiger partial charge >= 0.3 is 0 Å². The van der Waals surface area contributed by atoms with Crippen LogP contribution in [0.4, 0.5) is 0 Å². The van der Waals surface area contributed by atoms with Crippen molar-refractivity contribution in [3.63, 3.8) is 0 Å². The lowest BCUT2D eigenvalue weighted by molar-refractivity contribution is -0.128. The van der Waals surface area contributed by atoms with Gasteiger partial charge in [0.05, 0.1) is 65.8 Å². The van der Waals surface area contributed by atoms with Crippen LogP contribution in [0.25, 0.3) is 0 Å². The minimum Gasteiger partial charge on any atom is -0.381 e. The van der Waals surface area contributed by atoms with Crippen LogP contribution in [0.15, 0.2) is 18.6 Å². The summed E-state index contributed by atoms with van der Waals surface area (Å²) in [4.78, 5) is 13.2. The zero-order valence-corrected chi connectivity index (χ0v) is 22.8. The van der Waals surface area contributed by atoms with E-state index in [1.807, 2.05) is 0 Å². The minimum atomic E-state index is -0.988. The van der Waals surface area contributed by atoms with Crippen LogP contribution in [0.5, 0.6) is 0 Å². The maximum atomic E-state index is 13.2. The van der Waals surface area contributed by atoms with Gasteiger partial charge in [-0.2, -0.15) is 0 Å². The second-order valence-corrected chi connectivity index (χ2v) is 9.66. The topological polar surface area (TPSA) is 140 Å². The second-order valence-electron chi connectivity index (χ2n) is 9.66. The number of nitrogens with one attached hydrogen (secondary N) is 1. The molecule has 1 amide bonds. The Labute approximate surface area is 233 Å². The quantitative estimate of drug-likeness (QED) is 0.155. The molecule has 1 atom stereocenters. The lowest BCUT2D eigenvalue weighted by Crippen LogP contribution is -2.58. The molecule has 0 spiro atoms. The SMILES string of the molecule is [B]Cc1cn(CC(Cn2cc(C[B])nn2)(Cn2cc(C[B])nn2)NC(=O)COCCCOCC(C)CC)nn1. The molecule has 0 saturated heterocycles. The predicted octanol–water partition coefficient (Wildman–Crippen LogP) is -0.809. The summed E-state index contributed by atoms with van der Waals surface area (Å²) in [6.45, 7) is 6.53. The third-order valence-electron chi connectivity index (χ3n) is 6.09. The highest BCUT2D eigenvalue weighted by Gasteiger charge is 2.36. The Morgan fingerprint density at radius 2 is 1.33 bits per heavy atom. The molecule has 3 aromatic rings. The van der Waals surface area contributed by atoms with E-state index < -0.39 is 5.54 Å². The molecular weight excluding hydrogens is 497 g/mol. The standard InChI is InChI=1S/C23H35B3N10O3/c1-3-18(2)13-38-5-4-6-39-14-22(37)27-23(15-34-10-19(7-24)28-31-34,16-35-11-20(8-25)29-32-35)17-36-12-21(9-26)30-33-36/h10-12,18H,3-9,13-17H2,1-2H3,(H,27,37). The Hall–Kier alpha value is -3.00. The van der Waals surface area contributed by atoms with Crippen molar-refractivity contribution in [2.24, 2.45) is 5.92 Å². The molecule has 13 nitrogen and oxygen atoms in total. The Bertz CT molecular complexity index is 1030. The smallest absolute Gasteiger partial charge is 0.246 e. The molecule has 0 bridgehead atoms. The fraction of sp³-hybridized carbons (Fsp3) is 0.696. The highest BCUT2D eigenvalue weighted by atomic mass is 16.5. The molecular formula is C23H35B3N10O3. The molecule has 0 aliphatic carbocycles. The van der Waals surface area contributed by atoms with Crippen LogP contribution in [0, 0.1) is 5.92 Å². The van der Waals surface area contributed by atoms with E-state index in [0.717, 1.165) is 13.0 Å². The van der Waals surface area contributed by atoms with Gasteiger partial charge in [0.15, 0.2) is 0 Å². The maximum Gasteiger partial charge on any atom is 0.246 e. The molecule has 16 heteroatoms. The van der Waals surface area contributed by atoms with Gasteiger partial charge in [-0.15, -0.1) is 15.3 Å². The van der Waals surface area contributed by atoms with Crippen molar-refractivity contribution in [3.8, 4) is 0 Å². The van der Waals surface area contributed by atoms with Crippen molar-refractivity contribution in [2.45, 2.75) is 70.8 Å². The van der Waals surface area contributed by atoms with Crippen molar-refractivity contribution in [1.82, 2.24) is 50.3 Å². The summed E-state index contributed by atoms with van der Waals surface area (Å²) in [6, 6.07) is 0. The third kappa shape index (κ3) is 9.92. The zero-order chi connectivity index (χ0) is 28.1. The Morgan fingerprint density at radius 1 is 0.872 bits per heavy atom. The number of carbonyl (C=O) groups is 1. The van der Waals surface area contributed by atoms with E-state index in [-0.39, 0.29) is 51.1 Å². The summed E-state index contributed by atoms with van der Waals surface area (Å²) in [6.07, 6.45) is 7.67. The summed E-state index contributed by atoms with van der Waals surface area (Å²) in [7, 11) is 17.2. The fourth-order valence-corrected chi connectivity index (χ4v) is 3.89. The fourth-order valence-electron chi connectivity index (χ4n) is 3.89. The van der Waals surface area contributed by atoms with E-state index in [1.165, 1.54) is 0 Å². The van der Waals surface area contributed by atoms with Crippen molar-refractivity contribution in [2.75, 3.05) is 26.4 Å². The van der Waals surface area contributed by atoms with Crippen molar-refractivity contribution >= 4 is 29.4 Å². The number of carbonyl (C=O) groups excluding carboxylic acids is 1. The first-order valence-electron chi connectivity index (χ1n) is 13.1. The predicted molar refractivity (Wildman–Crippen MR) is 145 cm³/mol. The van der Waals surface area contributed by atoms with Crippen molar-refractivity contribution < 1.29 is 14.3 Å². The molecule has 1 N–H and O–H groups in total. The van der Waals surface area contributed by atoms with Crippen LogP contribution in [-0.4, -0.2) is 106 Å². The van der Waals surface area contributed by atoms with Crippen LogP contribution in [0.2, 0.25) is 0 Å². The summed E-state index contributed by atoms with van der Waals surface area (Å²) in [5.74, 6) is 0.209. The first-order chi connectivity index (χ1) is 18.9. The molecule has 3 rings (SSSR count). The zero-order valence-electron chi connectivity index (χ0n) is 22.8. The molecule has 1 unspecified atom stereocenters. The molecule has 39 heavy (non-hydrogen) atoms. The monoisotopic (exact) mass is 532 g/mol. The van der Waals surface area contributed by atoms with Gasteiger partial charge in [-0.25, -0.2) is 14.0 Å². The molecule has 3 heterocycles.